The molecule has 122 valence electrons. The van der Waals surface area contributed by atoms with Gasteiger partial charge in [0.25, 0.3) is 0 Å². The standard InChI is InChI=1S/C17H26N2O2S/c1-17(2,21)13-19(11-14-7-4-3-5-8-14)16(20)18-15-9-6-10-22-12-15/h3-5,7-8,15,21H,6,9-13H2,1-2H3,(H,18,20). The predicted octanol–water partition coefficient (Wildman–Crippen LogP) is 2.86. The number of carbonyl (C=O) groups excluding carboxylic acids is 1. The van der Waals surface area contributed by atoms with Crippen molar-refractivity contribution in [3.8, 4) is 0 Å². The largest absolute Gasteiger partial charge is 0.389 e. The van der Waals surface area contributed by atoms with Crippen LogP contribution >= 0.6 is 11.8 Å². The topological polar surface area (TPSA) is 52.6 Å². The predicted molar refractivity (Wildman–Crippen MR) is 92.0 cm³/mol. The number of nitrogens with zero attached hydrogens (tertiary/aromatic N) is 1. The second-order valence-corrected chi connectivity index (χ2v) is 7.67. The van der Waals surface area contributed by atoms with E-state index in [1.165, 1.54) is 5.75 Å². The summed E-state index contributed by atoms with van der Waals surface area (Å²) in [6.07, 6.45) is 2.19. The summed E-state index contributed by atoms with van der Waals surface area (Å²) in [5.74, 6) is 2.16. The van der Waals surface area contributed by atoms with Crippen molar-refractivity contribution in [1.29, 1.82) is 0 Å². The fraction of sp³-hybridized carbons (Fsp3) is 0.588. The fourth-order valence-electron chi connectivity index (χ4n) is 2.59. The van der Waals surface area contributed by atoms with Crippen molar-refractivity contribution in [3.05, 3.63) is 35.9 Å². The maximum absolute atomic E-state index is 12.6. The molecule has 0 spiro atoms. The molecule has 1 saturated heterocycles. The van der Waals surface area contributed by atoms with Gasteiger partial charge in [0, 0.05) is 18.3 Å². The van der Waals surface area contributed by atoms with Crippen molar-refractivity contribution >= 4 is 17.8 Å². The third-order valence-corrected chi connectivity index (χ3v) is 4.78. The van der Waals surface area contributed by atoms with E-state index in [-0.39, 0.29) is 12.1 Å². The van der Waals surface area contributed by atoms with E-state index in [4.69, 9.17) is 0 Å². The van der Waals surface area contributed by atoms with Gasteiger partial charge >= 0.3 is 6.03 Å². The molecule has 1 aromatic carbocycles. The Morgan fingerprint density at radius 3 is 2.73 bits per heavy atom. The highest BCUT2D eigenvalue weighted by Crippen LogP contribution is 2.18. The molecular formula is C17H26N2O2S. The number of nitrogens with one attached hydrogen (secondary N) is 1. The van der Waals surface area contributed by atoms with Crippen molar-refractivity contribution in [3.63, 3.8) is 0 Å². The van der Waals surface area contributed by atoms with Gasteiger partial charge in [-0.05, 0) is 38.0 Å². The molecule has 4 nitrogen and oxygen atoms in total. The van der Waals surface area contributed by atoms with E-state index in [1.807, 2.05) is 42.1 Å². The Bertz CT molecular complexity index is 467. The molecule has 22 heavy (non-hydrogen) atoms. The van der Waals surface area contributed by atoms with Crippen molar-refractivity contribution in [2.75, 3.05) is 18.1 Å². The van der Waals surface area contributed by atoms with Crippen molar-refractivity contribution in [1.82, 2.24) is 10.2 Å². The van der Waals surface area contributed by atoms with E-state index in [9.17, 15) is 9.90 Å². The molecule has 1 aromatic rings. The first kappa shape index (κ1) is 17.2. The molecule has 1 unspecified atom stereocenters. The molecule has 1 aliphatic heterocycles. The van der Waals surface area contributed by atoms with Crippen molar-refractivity contribution < 1.29 is 9.90 Å². The van der Waals surface area contributed by atoms with E-state index in [2.05, 4.69) is 5.32 Å². The lowest BCUT2D eigenvalue weighted by atomic mass is 10.1. The Hall–Kier alpha value is -1.20. The average Bonchev–Trinajstić information content (AvgIpc) is 2.47. The Balaban J connectivity index is 2.00. The van der Waals surface area contributed by atoms with Crippen LogP contribution < -0.4 is 5.32 Å². The van der Waals surface area contributed by atoms with Gasteiger partial charge in [0.05, 0.1) is 12.1 Å². The average molecular weight is 322 g/mol. The van der Waals surface area contributed by atoms with E-state index < -0.39 is 5.60 Å². The van der Waals surface area contributed by atoms with Crippen LogP contribution in [0, 0.1) is 0 Å². The first-order chi connectivity index (χ1) is 10.4. The number of amides is 2. The quantitative estimate of drug-likeness (QED) is 0.876. The van der Waals surface area contributed by atoms with Crippen LogP contribution in [0.1, 0.15) is 32.3 Å². The summed E-state index contributed by atoms with van der Waals surface area (Å²) in [6.45, 7) is 4.29. The first-order valence-corrected chi connectivity index (χ1v) is 8.99. The number of hydrogen-bond acceptors (Lipinski definition) is 3. The van der Waals surface area contributed by atoms with Crippen molar-refractivity contribution in [2.45, 2.75) is 44.9 Å². The third kappa shape index (κ3) is 5.89. The maximum Gasteiger partial charge on any atom is 0.318 e. The number of hydrogen-bond donors (Lipinski definition) is 2. The zero-order valence-electron chi connectivity index (χ0n) is 13.4. The van der Waals surface area contributed by atoms with Gasteiger partial charge in [0.1, 0.15) is 0 Å². The van der Waals surface area contributed by atoms with Gasteiger partial charge in [-0.3, -0.25) is 0 Å². The van der Waals surface area contributed by atoms with Gasteiger partial charge in [-0.1, -0.05) is 30.3 Å². The van der Waals surface area contributed by atoms with E-state index in [0.29, 0.717) is 13.1 Å². The van der Waals surface area contributed by atoms with Crippen LogP contribution in [-0.2, 0) is 6.54 Å². The van der Waals surface area contributed by atoms with Crippen LogP contribution in [0.3, 0.4) is 0 Å². The monoisotopic (exact) mass is 322 g/mol. The van der Waals surface area contributed by atoms with E-state index in [1.54, 1.807) is 18.7 Å². The molecule has 1 fully saturated rings. The molecule has 0 bridgehead atoms. The highest BCUT2D eigenvalue weighted by Gasteiger charge is 2.25. The molecule has 1 atom stereocenters. The molecule has 1 heterocycles. The van der Waals surface area contributed by atoms with E-state index >= 15 is 0 Å². The number of aliphatic hydroxyl groups is 1. The number of carbonyl (C=O) groups is 1. The molecule has 2 amide bonds. The Kier molecular flexibility index (Phi) is 6.15. The molecule has 0 radical (unpaired) electrons. The lowest BCUT2D eigenvalue weighted by molar-refractivity contribution is 0.0442. The minimum Gasteiger partial charge on any atom is -0.389 e. The number of thioether (sulfide) groups is 1. The van der Waals surface area contributed by atoms with Crippen molar-refractivity contribution in [2.24, 2.45) is 0 Å². The molecular weight excluding hydrogens is 296 g/mol. The number of benzene rings is 1. The minimum absolute atomic E-state index is 0.0847. The fourth-order valence-corrected chi connectivity index (χ4v) is 3.66. The van der Waals surface area contributed by atoms with Crippen LogP contribution in [0.4, 0.5) is 4.79 Å². The van der Waals surface area contributed by atoms with Gasteiger partial charge in [0.15, 0.2) is 0 Å². The highest BCUT2D eigenvalue weighted by atomic mass is 32.2. The summed E-state index contributed by atoms with van der Waals surface area (Å²) >= 11 is 1.89. The Morgan fingerprint density at radius 2 is 2.14 bits per heavy atom. The van der Waals surface area contributed by atoms with Gasteiger partial charge in [-0.2, -0.15) is 11.8 Å². The maximum atomic E-state index is 12.6. The van der Waals surface area contributed by atoms with Gasteiger partial charge in [0.2, 0.25) is 0 Å². The second kappa shape index (κ2) is 7.88. The molecule has 5 heteroatoms. The van der Waals surface area contributed by atoms with Crippen LogP contribution in [-0.4, -0.2) is 45.7 Å². The van der Waals surface area contributed by atoms with E-state index in [0.717, 1.165) is 24.2 Å². The van der Waals surface area contributed by atoms with Crippen LogP contribution in [0.5, 0.6) is 0 Å². The second-order valence-electron chi connectivity index (χ2n) is 6.52. The summed E-state index contributed by atoms with van der Waals surface area (Å²) in [5.41, 5.74) is 0.160. The third-order valence-electron chi connectivity index (χ3n) is 3.57. The summed E-state index contributed by atoms with van der Waals surface area (Å²) < 4.78 is 0. The molecule has 0 aromatic heterocycles. The summed E-state index contributed by atoms with van der Waals surface area (Å²) in [4.78, 5) is 14.3. The zero-order valence-corrected chi connectivity index (χ0v) is 14.2. The first-order valence-electron chi connectivity index (χ1n) is 7.83. The lowest BCUT2D eigenvalue weighted by Crippen LogP contribution is -2.50. The number of urea groups is 1. The normalized spacial score (nSPS) is 18.8. The van der Waals surface area contributed by atoms with Gasteiger partial charge in [-0.15, -0.1) is 0 Å². The number of rotatable bonds is 5. The Morgan fingerprint density at radius 1 is 1.41 bits per heavy atom. The Labute approximate surface area is 137 Å². The molecule has 2 N–H and O–H groups in total. The minimum atomic E-state index is -0.909. The summed E-state index contributed by atoms with van der Waals surface area (Å²) in [6, 6.07) is 10.1. The van der Waals surface area contributed by atoms with Crippen LogP contribution in [0.15, 0.2) is 30.3 Å². The van der Waals surface area contributed by atoms with Gasteiger partial charge < -0.3 is 15.3 Å². The SMILES string of the molecule is CC(C)(O)CN(Cc1ccccc1)C(=O)NC1CCCSC1. The lowest BCUT2D eigenvalue weighted by Gasteiger charge is -2.32. The van der Waals surface area contributed by atoms with Crippen LogP contribution in [0.2, 0.25) is 0 Å². The molecule has 0 saturated carbocycles. The molecule has 2 rings (SSSR count). The highest BCUT2D eigenvalue weighted by molar-refractivity contribution is 7.99. The smallest absolute Gasteiger partial charge is 0.318 e. The molecule has 0 aliphatic carbocycles. The van der Waals surface area contributed by atoms with Crippen LogP contribution in [0.25, 0.3) is 0 Å². The zero-order chi connectivity index (χ0) is 16.0. The summed E-state index contributed by atoms with van der Waals surface area (Å²) in [7, 11) is 0. The summed E-state index contributed by atoms with van der Waals surface area (Å²) in [5, 5.41) is 13.2. The molecule has 1 aliphatic rings. The van der Waals surface area contributed by atoms with Gasteiger partial charge in [-0.25, -0.2) is 4.79 Å².